The Morgan fingerprint density at radius 3 is 2.15 bits per heavy atom. The van der Waals surface area contributed by atoms with Crippen molar-refractivity contribution >= 4 is 5.84 Å². The summed E-state index contributed by atoms with van der Waals surface area (Å²) in [7, 11) is 0. The Morgan fingerprint density at radius 2 is 1.70 bits per heavy atom. The van der Waals surface area contributed by atoms with Crippen molar-refractivity contribution in [3.05, 3.63) is 35.4 Å². The predicted octanol–water partition coefficient (Wildman–Crippen LogP) is 3.09. The largest absolute Gasteiger partial charge is 0.409 e. The van der Waals surface area contributed by atoms with Gasteiger partial charge in [-0.05, 0) is 31.2 Å². The zero-order chi connectivity index (χ0) is 15.4. The number of oxime groups is 1. The maximum atomic E-state index is 8.63. The molecule has 0 amide bonds. The van der Waals surface area contributed by atoms with Gasteiger partial charge in [-0.2, -0.15) is 0 Å². The average molecular weight is 277 g/mol. The number of nitrogens with two attached hydrogens (primary N) is 1. The van der Waals surface area contributed by atoms with Gasteiger partial charge in [0, 0.05) is 17.6 Å². The summed E-state index contributed by atoms with van der Waals surface area (Å²) in [6.07, 6.45) is 1.10. The highest BCUT2D eigenvalue weighted by atomic mass is 16.4. The SMILES string of the molecule is CC(C)(C)CC(C)(C)NCc1ccc(C(N)=NO)cc1. The molecule has 0 heterocycles. The van der Waals surface area contributed by atoms with Crippen LogP contribution in [-0.2, 0) is 6.54 Å². The zero-order valence-electron chi connectivity index (χ0n) is 13.2. The van der Waals surface area contributed by atoms with Gasteiger partial charge in [-0.25, -0.2) is 0 Å². The molecule has 0 aromatic heterocycles. The Balaban J connectivity index is 2.62. The summed E-state index contributed by atoms with van der Waals surface area (Å²) in [6.45, 7) is 12.0. The lowest BCUT2D eigenvalue weighted by molar-refractivity contribution is 0.241. The van der Waals surface area contributed by atoms with E-state index in [1.807, 2.05) is 24.3 Å². The molecule has 0 spiro atoms. The Hall–Kier alpha value is -1.55. The number of amidine groups is 1. The fraction of sp³-hybridized carbons (Fsp3) is 0.562. The summed E-state index contributed by atoms with van der Waals surface area (Å²) in [5, 5.41) is 15.2. The fourth-order valence-corrected chi connectivity index (χ4v) is 2.58. The van der Waals surface area contributed by atoms with Crippen molar-refractivity contribution in [1.29, 1.82) is 0 Å². The van der Waals surface area contributed by atoms with E-state index >= 15 is 0 Å². The van der Waals surface area contributed by atoms with Gasteiger partial charge in [0.25, 0.3) is 0 Å². The molecule has 0 saturated heterocycles. The molecule has 4 N–H and O–H groups in total. The summed E-state index contributed by atoms with van der Waals surface area (Å²) in [6, 6.07) is 7.72. The van der Waals surface area contributed by atoms with Crippen LogP contribution in [-0.4, -0.2) is 16.6 Å². The predicted molar refractivity (Wildman–Crippen MR) is 83.9 cm³/mol. The average Bonchev–Trinajstić information content (AvgIpc) is 2.33. The molecule has 4 heteroatoms. The highest BCUT2D eigenvalue weighted by Gasteiger charge is 2.24. The Labute approximate surface area is 122 Å². The third kappa shape index (κ3) is 5.61. The van der Waals surface area contributed by atoms with Gasteiger partial charge in [0.15, 0.2) is 5.84 Å². The molecule has 0 radical (unpaired) electrons. The summed E-state index contributed by atoms with van der Waals surface area (Å²) >= 11 is 0. The van der Waals surface area contributed by atoms with Crippen molar-refractivity contribution in [2.45, 2.75) is 53.1 Å². The standard InChI is InChI=1S/C16H27N3O/c1-15(2,3)11-16(4,5)18-10-12-6-8-13(9-7-12)14(17)19-20/h6-9,18,20H,10-11H2,1-5H3,(H2,17,19). The summed E-state index contributed by atoms with van der Waals surface area (Å²) in [5.74, 6) is 0.137. The lowest BCUT2D eigenvalue weighted by Gasteiger charge is -2.33. The lowest BCUT2D eigenvalue weighted by atomic mass is 9.82. The van der Waals surface area contributed by atoms with Crippen LogP contribution < -0.4 is 11.1 Å². The molecule has 0 aliphatic rings. The first-order chi connectivity index (χ1) is 9.13. The number of nitrogens with zero attached hydrogens (tertiary/aromatic N) is 1. The van der Waals surface area contributed by atoms with E-state index in [0.717, 1.165) is 18.5 Å². The van der Waals surface area contributed by atoms with Gasteiger partial charge in [-0.15, -0.1) is 0 Å². The van der Waals surface area contributed by atoms with E-state index < -0.39 is 0 Å². The normalized spacial score (nSPS) is 13.6. The number of hydrogen-bond donors (Lipinski definition) is 3. The van der Waals surface area contributed by atoms with Crippen LogP contribution in [0.5, 0.6) is 0 Å². The fourth-order valence-electron chi connectivity index (χ4n) is 2.58. The van der Waals surface area contributed by atoms with Crippen LogP contribution in [0.1, 0.15) is 52.2 Å². The van der Waals surface area contributed by atoms with Crippen molar-refractivity contribution in [3.8, 4) is 0 Å². The van der Waals surface area contributed by atoms with Crippen LogP contribution in [0, 0.1) is 5.41 Å². The van der Waals surface area contributed by atoms with Crippen molar-refractivity contribution in [2.75, 3.05) is 0 Å². The van der Waals surface area contributed by atoms with E-state index in [-0.39, 0.29) is 11.4 Å². The molecule has 1 rings (SSSR count). The molecule has 20 heavy (non-hydrogen) atoms. The zero-order valence-corrected chi connectivity index (χ0v) is 13.2. The van der Waals surface area contributed by atoms with E-state index in [1.54, 1.807) is 0 Å². The van der Waals surface area contributed by atoms with Crippen LogP contribution in [0.3, 0.4) is 0 Å². The number of benzene rings is 1. The molecule has 1 aromatic carbocycles. The van der Waals surface area contributed by atoms with Crippen molar-refractivity contribution < 1.29 is 5.21 Å². The monoisotopic (exact) mass is 277 g/mol. The maximum absolute atomic E-state index is 8.63. The van der Waals surface area contributed by atoms with Gasteiger partial charge in [-0.3, -0.25) is 0 Å². The topological polar surface area (TPSA) is 70.6 Å². The smallest absolute Gasteiger partial charge is 0.170 e. The molecular formula is C16H27N3O. The molecule has 1 aromatic rings. The van der Waals surface area contributed by atoms with Crippen molar-refractivity contribution in [2.24, 2.45) is 16.3 Å². The second kappa shape index (κ2) is 6.27. The van der Waals surface area contributed by atoms with E-state index in [1.165, 1.54) is 5.56 Å². The second-order valence-corrected chi connectivity index (χ2v) is 7.16. The van der Waals surface area contributed by atoms with E-state index in [2.05, 4.69) is 45.1 Å². The minimum absolute atomic E-state index is 0.0858. The number of nitrogens with one attached hydrogen (secondary N) is 1. The van der Waals surface area contributed by atoms with E-state index in [9.17, 15) is 0 Å². The van der Waals surface area contributed by atoms with Gasteiger partial charge in [0.05, 0.1) is 0 Å². The van der Waals surface area contributed by atoms with Gasteiger partial charge in [-0.1, -0.05) is 50.2 Å². The Bertz CT molecular complexity index is 456. The van der Waals surface area contributed by atoms with Gasteiger partial charge >= 0.3 is 0 Å². The minimum atomic E-state index is 0.0858. The highest BCUT2D eigenvalue weighted by molar-refractivity contribution is 5.96. The minimum Gasteiger partial charge on any atom is -0.409 e. The van der Waals surface area contributed by atoms with Crippen LogP contribution >= 0.6 is 0 Å². The van der Waals surface area contributed by atoms with Crippen LogP contribution in [0.4, 0.5) is 0 Å². The lowest BCUT2D eigenvalue weighted by Crippen LogP contribution is -2.41. The molecule has 0 unspecified atom stereocenters. The molecule has 0 aliphatic heterocycles. The number of rotatable bonds is 5. The van der Waals surface area contributed by atoms with Gasteiger partial charge in [0.2, 0.25) is 0 Å². The van der Waals surface area contributed by atoms with Crippen molar-refractivity contribution in [1.82, 2.24) is 5.32 Å². The first-order valence-corrected chi connectivity index (χ1v) is 6.95. The molecule has 112 valence electrons. The Morgan fingerprint density at radius 1 is 1.15 bits per heavy atom. The number of hydrogen-bond acceptors (Lipinski definition) is 3. The summed E-state index contributed by atoms with van der Waals surface area (Å²) in [5.41, 5.74) is 7.83. The summed E-state index contributed by atoms with van der Waals surface area (Å²) in [4.78, 5) is 0. The second-order valence-electron chi connectivity index (χ2n) is 7.16. The van der Waals surface area contributed by atoms with E-state index in [4.69, 9.17) is 10.9 Å². The molecule has 0 saturated carbocycles. The molecule has 0 bridgehead atoms. The first-order valence-electron chi connectivity index (χ1n) is 6.95. The highest BCUT2D eigenvalue weighted by Crippen LogP contribution is 2.27. The third-order valence-electron chi connectivity index (χ3n) is 3.10. The van der Waals surface area contributed by atoms with Gasteiger partial charge < -0.3 is 16.3 Å². The summed E-state index contributed by atoms with van der Waals surface area (Å²) < 4.78 is 0. The first kappa shape index (κ1) is 16.5. The molecule has 0 fully saturated rings. The molecule has 4 nitrogen and oxygen atoms in total. The third-order valence-corrected chi connectivity index (χ3v) is 3.10. The molecular weight excluding hydrogens is 250 g/mol. The van der Waals surface area contributed by atoms with Gasteiger partial charge in [0.1, 0.15) is 0 Å². The van der Waals surface area contributed by atoms with Crippen LogP contribution in [0.2, 0.25) is 0 Å². The quantitative estimate of drug-likeness (QED) is 0.335. The van der Waals surface area contributed by atoms with Crippen molar-refractivity contribution in [3.63, 3.8) is 0 Å². The molecule has 0 aliphatic carbocycles. The maximum Gasteiger partial charge on any atom is 0.170 e. The van der Waals surface area contributed by atoms with Crippen LogP contribution in [0.25, 0.3) is 0 Å². The Kier molecular flexibility index (Phi) is 5.17. The molecule has 0 atom stereocenters. The van der Waals surface area contributed by atoms with E-state index in [0.29, 0.717) is 5.41 Å². The van der Waals surface area contributed by atoms with Crippen LogP contribution in [0.15, 0.2) is 29.4 Å².